The molecule has 1 aliphatic rings. The molecule has 1 amide bonds. The fraction of sp³-hybridized carbons (Fsp3) is 0.208. The zero-order valence-corrected chi connectivity index (χ0v) is 18.3. The summed E-state index contributed by atoms with van der Waals surface area (Å²) in [5.74, 6) is 0.214. The van der Waals surface area contributed by atoms with Gasteiger partial charge in [-0.25, -0.2) is 8.42 Å². The lowest BCUT2D eigenvalue weighted by molar-refractivity contribution is 0.102. The number of para-hydroxylation sites is 1. The van der Waals surface area contributed by atoms with Gasteiger partial charge in [-0.3, -0.25) is 4.79 Å². The van der Waals surface area contributed by atoms with Gasteiger partial charge in [0.25, 0.3) is 5.91 Å². The third kappa shape index (κ3) is 4.33. The van der Waals surface area contributed by atoms with Crippen LogP contribution >= 0.6 is 0 Å². The number of aryl methyl sites for hydroxylation is 1. The van der Waals surface area contributed by atoms with Crippen molar-refractivity contribution >= 4 is 21.6 Å². The van der Waals surface area contributed by atoms with Gasteiger partial charge in [0.05, 0.1) is 17.6 Å². The molecule has 3 aromatic carbocycles. The summed E-state index contributed by atoms with van der Waals surface area (Å²) in [5.41, 5.74) is 4.04. The highest BCUT2D eigenvalue weighted by molar-refractivity contribution is 7.89. The molecule has 0 aromatic heterocycles. The summed E-state index contributed by atoms with van der Waals surface area (Å²) in [7, 11) is -2.06. The summed E-state index contributed by atoms with van der Waals surface area (Å²) in [6.45, 7) is 2.62. The topological polar surface area (TPSA) is 75.7 Å². The van der Waals surface area contributed by atoms with Gasteiger partial charge >= 0.3 is 0 Å². The number of benzene rings is 3. The maximum absolute atomic E-state index is 13.1. The molecule has 0 saturated heterocycles. The van der Waals surface area contributed by atoms with Crippen LogP contribution in [0.3, 0.4) is 0 Å². The minimum atomic E-state index is -3.58. The highest BCUT2D eigenvalue weighted by atomic mass is 32.2. The first-order valence-corrected chi connectivity index (χ1v) is 11.5. The lowest BCUT2D eigenvalue weighted by Crippen LogP contribution is -2.36. The van der Waals surface area contributed by atoms with Gasteiger partial charge in [0.2, 0.25) is 10.0 Å². The Bertz CT molecular complexity index is 1220. The van der Waals surface area contributed by atoms with Gasteiger partial charge < -0.3 is 10.1 Å². The third-order valence-corrected chi connectivity index (χ3v) is 7.31. The molecule has 6 nitrogen and oxygen atoms in total. The van der Waals surface area contributed by atoms with Crippen LogP contribution in [0.5, 0.6) is 5.75 Å². The van der Waals surface area contributed by atoms with E-state index in [1.54, 1.807) is 48.5 Å². The van der Waals surface area contributed by atoms with Gasteiger partial charge in [-0.15, -0.1) is 0 Å². The molecule has 160 valence electrons. The van der Waals surface area contributed by atoms with Crippen molar-refractivity contribution in [2.45, 2.75) is 24.8 Å². The molecule has 7 heteroatoms. The number of carbonyl (C=O) groups is 1. The van der Waals surface area contributed by atoms with Crippen LogP contribution in [-0.2, 0) is 23.0 Å². The van der Waals surface area contributed by atoms with E-state index >= 15 is 0 Å². The highest BCUT2D eigenvalue weighted by Crippen LogP contribution is 2.28. The van der Waals surface area contributed by atoms with Crippen LogP contribution in [0.4, 0.5) is 5.69 Å². The molecule has 0 bridgehead atoms. The van der Waals surface area contributed by atoms with E-state index in [0.717, 1.165) is 16.7 Å². The van der Waals surface area contributed by atoms with Crippen LogP contribution in [0.1, 0.15) is 27.0 Å². The minimum Gasteiger partial charge on any atom is -0.496 e. The molecule has 1 heterocycles. The van der Waals surface area contributed by atoms with Crippen molar-refractivity contribution in [2.75, 3.05) is 19.0 Å². The number of sulfonamides is 1. The Hall–Kier alpha value is -3.16. The molecular formula is C24H24N2O4S. The molecule has 0 spiro atoms. The van der Waals surface area contributed by atoms with Crippen molar-refractivity contribution in [3.8, 4) is 5.75 Å². The monoisotopic (exact) mass is 436 g/mol. The van der Waals surface area contributed by atoms with Crippen LogP contribution < -0.4 is 10.1 Å². The predicted octanol–water partition coefficient (Wildman–Crippen LogP) is 4.00. The van der Waals surface area contributed by atoms with Crippen LogP contribution in [0.25, 0.3) is 0 Å². The second-order valence-corrected chi connectivity index (χ2v) is 9.48. The summed E-state index contributed by atoms with van der Waals surface area (Å²) >= 11 is 0. The smallest absolute Gasteiger partial charge is 0.259 e. The summed E-state index contributed by atoms with van der Waals surface area (Å²) in [4.78, 5) is 13.0. The van der Waals surface area contributed by atoms with Crippen LogP contribution in [0.15, 0.2) is 71.6 Å². The predicted molar refractivity (Wildman–Crippen MR) is 120 cm³/mol. The summed E-state index contributed by atoms with van der Waals surface area (Å²) in [5, 5.41) is 2.89. The Labute approximate surface area is 182 Å². The highest BCUT2D eigenvalue weighted by Gasteiger charge is 2.28. The fourth-order valence-corrected chi connectivity index (χ4v) is 5.12. The number of anilines is 1. The quantitative estimate of drug-likeness (QED) is 0.656. The van der Waals surface area contributed by atoms with Crippen molar-refractivity contribution in [3.05, 3.63) is 89.0 Å². The van der Waals surface area contributed by atoms with Crippen molar-refractivity contribution in [1.29, 1.82) is 0 Å². The van der Waals surface area contributed by atoms with Gasteiger partial charge in [0.1, 0.15) is 5.75 Å². The number of nitrogens with zero attached hydrogens (tertiary/aromatic N) is 1. The van der Waals surface area contributed by atoms with E-state index in [9.17, 15) is 13.2 Å². The lowest BCUT2D eigenvalue weighted by atomic mass is 10.0. The number of hydrogen-bond donors (Lipinski definition) is 1. The summed E-state index contributed by atoms with van der Waals surface area (Å²) < 4.78 is 32.9. The molecule has 0 saturated carbocycles. The molecular weight excluding hydrogens is 412 g/mol. The number of rotatable bonds is 5. The van der Waals surface area contributed by atoms with E-state index in [-0.39, 0.29) is 12.5 Å². The standard InChI is InChI=1S/C24H24N2O4S/c1-17-7-11-21(12-8-17)31(28,29)26-14-13-18-9-10-20(15-19(18)16-26)25-24(27)22-5-3-4-6-23(22)30-2/h3-12,15H,13-14,16H2,1-2H3,(H,25,27). The molecule has 1 N–H and O–H groups in total. The zero-order chi connectivity index (χ0) is 22.0. The van der Waals surface area contributed by atoms with Gasteiger partial charge in [-0.2, -0.15) is 4.31 Å². The first kappa shape index (κ1) is 21.1. The van der Waals surface area contributed by atoms with Crippen molar-refractivity contribution in [3.63, 3.8) is 0 Å². The maximum Gasteiger partial charge on any atom is 0.259 e. The lowest BCUT2D eigenvalue weighted by Gasteiger charge is -2.28. The number of ether oxygens (including phenoxy) is 1. The van der Waals surface area contributed by atoms with E-state index in [1.165, 1.54) is 11.4 Å². The molecule has 0 unspecified atom stereocenters. The van der Waals surface area contributed by atoms with Crippen molar-refractivity contribution < 1.29 is 17.9 Å². The first-order valence-electron chi connectivity index (χ1n) is 10.0. The summed E-state index contributed by atoms with van der Waals surface area (Å²) in [6.07, 6.45) is 0.626. The average molecular weight is 437 g/mol. The number of hydrogen-bond acceptors (Lipinski definition) is 4. The minimum absolute atomic E-state index is 0.268. The van der Waals surface area contributed by atoms with Gasteiger partial charge in [-0.05, 0) is 60.9 Å². The Morgan fingerprint density at radius 3 is 2.48 bits per heavy atom. The average Bonchev–Trinajstić information content (AvgIpc) is 2.78. The largest absolute Gasteiger partial charge is 0.496 e. The van der Waals surface area contributed by atoms with Gasteiger partial charge in [0, 0.05) is 18.8 Å². The van der Waals surface area contributed by atoms with Crippen molar-refractivity contribution in [1.82, 2.24) is 4.31 Å². The van der Waals surface area contributed by atoms with Crippen molar-refractivity contribution in [2.24, 2.45) is 0 Å². The fourth-order valence-electron chi connectivity index (χ4n) is 3.70. The van der Waals surface area contributed by atoms with Gasteiger partial charge in [0.15, 0.2) is 0 Å². The second-order valence-electron chi connectivity index (χ2n) is 7.54. The van der Waals surface area contributed by atoms with Crippen LogP contribution in [0.2, 0.25) is 0 Å². The number of fused-ring (bicyclic) bond motifs is 1. The van der Waals surface area contributed by atoms with E-state index in [2.05, 4.69) is 5.32 Å². The number of amides is 1. The van der Waals surface area contributed by atoms with E-state index < -0.39 is 10.0 Å². The van der Waals surface area contributed by atoms with E-state index in [4.69, 9.17) is 4.74 Å². The molecule has 31 heavy (non-hydrogen) atoms. The van der Waals surface area contributed by atoms with Gasteiger partial charge in [-0.1, -0.05) is 35.9 Å². The normalized spacial score (nSPS) is 14.0. The molecule has 3 aromatic rings. The second kappa shape index (κ2) is 8.53. The number of nitrogens with one attached hydrogen (secondary N) is 1. The summed E-state index contributed by atoms with van der Waals surface area (Å²) in [6, 6.07) is 19.5. The van der Waals surface area contributed by atoms with E-state index in [1.807, 2.05) is 25.1 Å². The molecule has 4 rings (SSSR count). The van der Waals surface area contributed by atoms with Crippen LogP contribution in [-0.4, -0.2) is 32.3 Å². The maximum atomic E-state index is 13.1. The zero-order valence-electron chi connectivity index (χ0n) is 17.5. The third-order valence-electron chi connectivity index (χ3n) is 5.45. The molecule has 1 aliphatic heterocycles. The number of methoxy groups -OCH3 is 1. The van der Waals surface area contributed by atoms with E-state index in [0.29, 0.717) is 34.9 Å². The Morgan fingerprint density at radius 2 is 1.74 bits per heavy atom. The Balaban J connectivity index is 1.55. The Morgan fingerprint density at radius 1 is 1.00 bits per heavy atom. The SMILES string of the molecule is COc1ccccc1C(=O)Nc1ccc2c(c1)CN(S(=O)(=O)c1ccc(C)cc1)CC2. The molecule has 0 atom stereocenters. The van der Waals surface area contributed by atoms with Crippen LogP contribution in [0, 0.1) is 6.92 Å². The molecule has 0 radical (unpaired) electrons. The number of carbonyl (C=O) groups excluding carboxylic acids is 1. The molecule has 0 fully saturated rings. The Kier molecular flexibility index (Phi) is 5.80. The molecule has 0 aliphatic carbocycles. The first-order chi connectivity index (χ1) is 14.9.